The van der Waals surface area contributed by atoms with Crippen molar-refractivity contribution >= 4 is 11.9 Å². The number of nitrogens with one attached hydrogen (secondary N) is 1. The summed E-state index contributed by atoms with van der Waals surface area (Å²) in [4.78, 5) is 23.5. The van der Waals surface area contributed by atoms with Gasteiger partial charge in [0.05, 0.1) is 0 Å². The van der Waals surface area contributed by atoms with Crippen LogP contribution in [0.4, 0.5) is 0 Å². The predicted molar refractivity (Wildman–Crippen MR) is 64.7 cm³/mol. The Kier molecular flexibility index (Phi) is 5.13. The van der Waals surface area contributed by atoms with Crippen molar-refractivity contribution in [2.45, 2.75) is 40.2 Å². The number of carboxylic acid groups (broad SMARTS) is 1. The molecule has 0 aromatic rings. The van der Waals surface area contributed by atoms with E-state index in [4.69, 9.17) is 4.74 Å². The quantitative estimate of drug-likeness (QED) is 0.563. The average Bonchev–Trinajstić information content (AvgIpc) is 2.09. The summed E-state index contributed by atoms with van der Waals surface area (Å²) in [5.41, 5.74) is -2.23. The van der Waals surface area contributed by atoms with Crippen molar-refractivity contribution in [1.82, 2.24) is 5.32 Å². The molecule has 0 radical (unpaired) electrons. The van der Waals surface area contributed by atoms with Gasteiger partial charge >= 0.3 is 11.9 Å². The van der Waals surface area contributed by atoms with Crippen molar-refractivity contribution in [3.63, 3.8) is 0 Å². The lowest BCUT2D eigenvalue weighted by Gasteiger charge is -2.33. The molecule has 100 valence electrons. The van der Waals surface area contributed by atoms with E-state index in [0.29, 0.717) is 0 Å². The average molecular weight is 245 g/mol. The molecular formula is C12H23NO4. The van der Waals surface area contributed by atoms with E-state index < -0.39 is 23.0 Å². The van der Waals surface area contributed by atoms with Crippen LogP contribution in [-0.4, -0.2) is 36.2 Å². The molecular weight excluding hydrogens is 222 g/mol. The summed E-state index contributed by atoms with van der Waals surface area (Å²) in [7, 11) is 1.62. The maximum Gasteiger partial charge on any atom is 0.325 e. The molecule has 0 aromatic carbocycles. The minimum absolute atomic E-state index is 0.0505. The fraction of sp³-hybridized carbons (Fsp3) is 0.833. The second kappa shape index (κ2) is 5.49. The van der Waals surface area contributed by atoms with Gasteiger partial charge in [0.2, 0.25) is 0 Å². The van der Waals surface area contributed by atoms with Crippen LogP contribution in [0, 0.1) is 11.3 Å². The lowest BCUT2D eigenvalue weighted by molar-refractivity contribution is -0.180. The van der Waals surface area contributed by atoms with E-state index in [2.05, 4.69) is 5.32 Å². The van der Waals surface area contributed by atoms with Crippen LogP contribution in [0.1, 0.15) is 34.6 Å². The van der Waals surface area contributed by atoms with Gasteiger partial charge in [-0.3, -0.25) is 9.59 Å². The molecule has 0 spiro atoms. The largest absolute Gasteiger partial charge is 0.480 e. The first kappa shape index (κ1) is 15.9. The first-order chi connectivity index (χ1) is 7.58. The van der Waals surface area contributed by atoms with Gasteiger partial charge in [0, 0.05) is 6.54 Å². The summed E-state index contributed by atoms with van der Waals surface area (Å²) in [6.07, 6.45) is 0. The minimum Gasteiger partial charge on any atom is -0.480 e. The first-order valence-electron chi connectivity index (χ1n) is 5.69. The number of rotatable bonds is 5. The Morgan fingerprint density at radius 3 is 2.00 bits per heavy atom. The van der Waals surface area contributed by atoms with Crippen molar-refractivity contribution in [2.75, 3.05) is 13.6 Å². The standard InChI is InChI=1S/C12H23NO4/c1-8(2)12(7-13-6,9(14)15)10(16)17-11(3,4)5/h8,13H,7H2,1-6H3,(H,14,15)/t12-/m0/s1. The summed E-state index contributed by atoms with van der Waals surface area (Å²) in [5.74, 6) is -2.21. The van der Waals surface area contributed by atoms with Crippen molar-refractivity contribution < 1.29 is 19.4 Å². The SMILES string of the molecule is CNC[C@](C(=O)O)(C(=O)OC(C)(C)C)C(C)C. The maximum absolute atomic E-state index is 12.1. The maximum atomic E-state index is 12.1. The molecule has 17 heavy (non-hydrogen) atoms. The molecule has 0 heterocycles. The van der Waals surface area contributed by atoms with Crippen molar-refractivity contribution in [3.8, 4) is 0 Å². The number of ether oxygens (including phenoxy) is 1. The molecule has 1 atom stereocenters. The van der Waals surface area contributed by atoms with Crippen molar-refractivity contribution in [1.29, 1.82) is 0 Å². The molecule has 0 aromatic heterocycles. The molecule has 0 aliphatic rings. The van der Waals surface area contributed by atoms with E-state index in [1.807, 2.05) is 0 Å². The number of carbonyl (C=O) groups excluding carboxylic acids is 1. The van der Waals surface area contributed by atoms with E-state index in [1.165, 1.54) is 0 Å². The molecule has 0 fully saturated rings. The Hall–Kier alpha value is -1.10. The Morgan fingerprint density at radius 2 is 1.76 bits per heavy atom. The molecule has 0 saturated heterocycles. The van der Waals surface area contributed by atoms with E-state index in [1.54, 1.807) is 41.7 Å². The van der Waals surface area contributed by atoms with Crippen LogP contribution in [0.15, 0.2) is 0 Å². The third-order valence-electron chi connectivity index (χ3n) is 2.59. The van der Waals surface area contributed by atoms with Crippen LogP contribution in [0.25, 0.3) is 0 Å². The second-order valence-electron chi connectivity index (χ2n) is 5.46. The van der Waals surface area contributed by atoms with Crippen molar-refractivity contribution in [3.05, 3.63) is 0 Å². The number of aliphatic carboxylic acids is 1. The Morgan fingerprint density at radius 1 is 1.29 bits per heavy atom. The van der Waals surface area contributed by atoms with Gasteiger partial charge in [-0.05, 0) is 33.7 Å². The zero-order valence-corrected chi connectivity index (χ0v) is 11.5. The number of esters is 1. The second-order valence-corrected chi connectivity index (χ2v) is 5.46. The molecule has 0 amide bonds. The number of hydrogen-bond acceptors (Lipinski definition) is 4. The monoisotopic (exact) mass is 245 g/mol. The van der Waals surface area contributed by atoms with Crippen LogP contribution in [0.2, 0.25) is 0 Å². The normalized spacial score (nSPS) is 15.5. The zero-order valence-electron chi connectivity index (χ0n) is 11.5. The highest BCUT2D eigenvalue weighted by Crippen LogP contribution is 2.31. The van der Waals surface area contributed by atoms with Gasteiger partial charge in [-0.1, -0.05) is 13.8 Å². The lowest BCUT2D eigenvalue weighted by Crippen LogP contribution is -2.52. The molecule has 0 aliphatic carbocycles. The third kappa shape index (κ3) is 3.70. The Balaban J connectivity index is 5.30. The van der Waals surface area contributed by atoms with E-state index in [0.717, 1.165) is 0 Å². The fourth-order valence-electron chi connectivity index (χ4n) is 1.57. The van der Waals surface area contributed by atoms with E-state index in [9.17, 15) is 14.7 Å². The Bertz CT molecular complexity index is 293. The Labute approximate surface area is 103 Å². The first-order valence-corrected chi connectivity index (χ1v) is 5.69. The molecule has 0 unspecified atom stereocenters. The molecule has 2 N–H and O–H groups in total. The summed E-state index contributed by atoms with van der Waals surface area (Å²) in [5, 5.41) is 12.1. The number of carbonyl (C=O) groups is 2. The van der Waals surface area contributed by atoms with Gasteiger partial charge in [0.25, 0.3) is 0 Å². The fourth-order valence-corrected chi connectivity index (χ4v) is 1.57. The van der Waals surface area contributed by atoms with Gasteiger partial charge in [-0.25, -0.2) is 0 Å². The highest BCUT2D eigenvalue weighted by molar-refractivity contribution is 6.00. The van der Waals surface area contributed by atoms with Gasteiger partial charge in [-0.15, -0.1) is 0 Å². The van der Waals surface area contributed by atoms with Gasteiger partial charge in [0.15, 0.2) is 5.41 Å². The molecule has 0 rings (SSSR count). The topological polar surface area (TPSA) is 75.6 Å². The van der Waals surface area contributed by atoms with Crippen LogP contribution in [0.5, 0.6) is 0 Å². The van der Waals surface area contributed by atoms with Gasteiger partial charge in [-0.2, -0.15) is 0 Å². The highest BCUT2D eigenvalue weighted by atomic mass is 16.6. The molecule has 0 aliphatic heterocycles. The highest BCUT2D eigenvalue weighted by Gasteiger charge is 2.51. The summed E-state index contributed by atoms with van der Waals surface area (Å²) in [6, 6.07) is 0. The van der Waals surface area contributed by atoms with Crippen LogP contribution in [-0.2, 0) is 14.3 Å². The summed E-state index contributed by atoms with van der Waals surface area (Å²) in [6.45, 7) is 8.62. The van der Waals surface area contributed by atoms with Gasteiger partial charge < -0.3 is 15.2 Å². The zero-order chi connectivity index (χ0) is 13.9. The number of hydrogen-bond donors (Lipinski definition) is 2. The minimum atomic E-state index is -1.54. The summed E-state index contributed by atoms with van der Waals surface area (Å²) < 4.78 is 5.22. The smallest absolute Gasteiger partial charge is 0.325 e. The van der Waals surface area contributed by atoms with Crippen LogP contribution in [0.3, 0.4) is 0 Å². The van der Waals surface area contributed by atoms with Crippen molar-refractivity contribution in [2.24, 2.45) is 11.3 Å². The third-order valence-corrected chi connectivity index (χ3v) is 2.59. The van der Waals surface area contributed by atoms with E-state index in [-0.39, 0.29) is 12.5 Å². The predicted octanol–water partition coefficient (Wildman–Crippen LogP) is 1.27. The van der Waals surface area contributed by atoms with Crippen LogP contribution < -0.4 is 5.32 Å². The molecule has 5 nitrogen and oxygen atoms in total. The number of carboxylic acids is 1. The van der Waals surface area contributed by atoms with Crippen LogP contribution >= 0.6 is 0 Å². The summed E-state index contributed by atoms with van der Waals surface area (Å²) >= 11 is 0. The molecule has 0 saturated carbocycles. The molecule has 0 bridgehead atoms. The van der Waals surface area contributed by atoms with E-state index >= 15 is 0 Å². The lowest BCUT2D eigenvalue weighted by atomic mass is 9.77. The molecule has 5 heteroatoms. The van der Waals surface area contributed by atoms with Gasteiger partial charge in [0.1, 0.15) is 5.60 Å².